The number of pyridine rings is 1. The monoisotopic (exact) mass is 294 g/mol. The lowest BCUT2D eigenvalue weighted by molar-refractivity contribution is 0.0692. The van der Waals surface area contributed by atoms with Gasteiger partial charge in [-0.25, -0.2) is 4.79 Å². The normalized spacial score (nSPS) is 10.8. The van der Waals surface area contributed by atoms with E-state index in [1.54, 1.807) is 0 Å². The summed E-state index contributed by atoms with van der Waals surface area (Å²) in [6, 6.07) is 9.03. The molecule has 0 aliphatic rings. The first-order valence-electron chi connectivity index (χ1n) is 6.78. The molecule has 22 heavy (non-hydrogen) atoms. The van der Waals surface area contributed by atoms with Crippen molar-refractivity contribution in [1.82, 2.24) is 9.55 Å². The molecule has 3 rings (SSSR count). The number of ketones is 1. The molecule has 5 nitrogen and oxygen atoms in total. The van der Waals surface area contributed by atoms with Crippen molar-refractivity contribution in [2.75, 3.05) is 0 Å². The molecule has 0 aliphatic heterocycles. The number of rotatable bonds is 3. The molecule has 0 amide bonds. The van der Waals surface area contributed by atoms with Crippen molar-refractivity contribution >= 4 is 22.7 Å². The molecule has 0 unspecified atom stereocenters. The summed E-state index contributed by atoms with van der Waals surface area (Å²) in [6.07, 6.45) is 2.64. The van der Waals surface area contributed by atoms with Crippen LogP contribution in [0, 0.1) is 6.92 Å². The Kier molecular flexibility index (Phi) is 3.25. The van der Waals surface area contributed by atoms with Crippen molar-refractivity contribution < 1.29 is 14.7 Å². The number of aryl methyl sites for hydroxylation is 1. The summed E-state index contributed by atoms with van der Waals surface area (Å²) in [5.74, 6) is -1.46. The van der Waals surface area contributed by atoms with E-state index in [1.165, 1.54) is 18.5 Å². The van der Waals surface area contributed by atoms with Crippen molar-refractivity contribution in [1.29, 1.82) is 0 Å². The van der Waals surface area contributed by atoms with Crippen LogP contribution in [0.25, 0.3) is 10.9 Å². The van der Waals surface area contributed by atoms with E-state index in [0.717, 1.165) is 16.6 Å². The lowest BCUT2D eigenvalue weighted by Crippen LogP contribution is -2.11. The van der Waals surface area contributed by atoms with Crippen LogP contribution in [0.15, 0.2) is 42.7 Å². The predicted molar refractivity (Wildman–Crippen MR) is 82.3 cm³/mol. The van der Waals surface area contributed by atoms with Gasteiger partial charge in [-0.3, -0.25) is 9.78 Å². The molecule has 0 radical (unpaired) electrons. The third kappa shape index (κ3) is 1.98. The van der Waals surface area contributed by atoms with Gasteiger partial charge in [0.2, 0.25) is 0 Å². The summed E-state index contributed by atoms with van der Waals surface area (Å²) >= 11 is 0. The average molecular weight is 294 g/mol. The highest BCUT2D eigenvalue weighted by Gasteiger charge is 2.23. The van der Waals surface area contributed by atoms with E-state index in [9.17, 15) is 14.7 Å². The average Bonchev–Trinajstić information content (AvgIpc) is 2.79. The van der Waals surface area contributed by atoms with Gasteiger partial charge < -0.3 is 9.67 Å². The molecule has 0 saturated carbocycles. The highest BCUT2D eigenvalue weighted by atomic mass is 16.4. The summed E-state index contributed by atoms with van der Waals surface area (Å²) < 4.78 is 1.93. The Hall–Kier alpha value is -2.95. The van der Waals surface area contributed by atoms with Gasteiger partial charge in [0.25, 0.3) is 0 Å². The van der Waals surface area contributed by atoms with Crippen LogP contribution in [-0.2, 0) is 7.05 Å². The molecule has 0 atom stereocenters. The van der Waals surface area contributed by atoms with Crippen LogP contribution in [-0.4, -0.2) is 26.4 Å². The van der Waals surface area contributed by atoms with Gasteiger partial charge in [-0.1, -0.05) is 18.2 Å². The van der Waals surface area contributed by atoms with Gasteiger partial charge in [0, 0.05) is 41.6 Å². The minimum absolute atomic E-state index is 0.0835. The molecular weight excluding hydrogens is 280 g/mol. The third-order valence-electron chi connectivity index (χ3n) is 3.92. The van der Waals surface area contributed by atoms with Gasteiger partial charge >= 0.3 is 5.97 Å². The number of carboxylic acid groups (broad SMARTS) is 1. The fraction of sp³-hybridized carbons (Fsp3) is 0.118. The molecule has 2 aromatic heterocycles. The fourth-order valence-corrected chi connectivity index (χ4v) is 2.70. The molecular formula is C17H14N2O3. The number of nitrogens with zero attached hydrogens (tertiary/aromatic N) is 2. The number of aromatic carboxylic acids is 1. The maximum absolute atomic E-state index is 12.9. The maximum Gasteiger partial charge on any atom is 0.338 e. The largest absolute Gasteiger partial charge is 0.478 e. The number of carbonyl (C=O) groups excluding carboxylic acids is 1. The summed E-state index contributed by atoms with van der Waals surface area (Å²) in [5, 5.41) is 10.1. The first-order chi connectivity index (χ1) is 10.5. The molecule has 0 fully saturated rings. The van der Waals surface area contributed by atoms with Gasteiger partial charge in [-0.05, 0) is 19.1 Å². The number of hydrogen-bond acceptors (Lipinski definition) is 3. The number of benzene rings is 1. The first-order valence-corrected chi connectivity index (χ1v) is 6.78. The van der Waals surface area contributed by atoms with E-state index in [0.29, 0.717) is 5.56 Å². The van der Waals surface area contributed by atoms with Gasteiger partial charge in [-0.2, -0.15) is 0 Å². The SMILES string of the molecule is Cc1c(C(=O)c2ccncc2C(=O)O)c2ccccc2n1C. The smallest absolute Gasteiger partial charge is 0.338 e. The molecule has 2 heterocycles. The quantitative estimate of drug-likeness (QED) is 0.754. The fourth-order valence-electron chi connectivity index (χ4n) is 2.70. The van der Waals surface area contributed by atoms with Crippen molar-refractivity contribution in [3.05, 3.63) is 65.1 Å². The van der Waals surface area contributed by atoms with Crippen LogP contribution in [0.1, 0.15) is 32.0 Å². The van der Waals surface area contributed by atoms with Crippen molar-refractivity contribution in [3.8, 4) is 0 Å². The molecule has 110 valence electrons. The van der Waals surface area contributed by atoms with Crippen LogP contribution < -0.4 is 0 Å². The molecule has 0 spiro atoms. The van der Waals surface area contributed by atoms with E-state index in [-0.39, 0.29) is 16.9 Å². The highest BCUT2D eigenvalue weighted by Crippen LogP contribution is 2.27. The number of carboxylic acids is 1. The standard InChI is InChI=1S/C17H14N2O3/c1-10-15(12-5-3-4-6-14(12)19(10)2)16(20)11-7-8-18-9-13(11)17(21)22/h3-9H,1-2H3,(H,21,22). The number of para-hydroxylation sites is 1. The number of aromatic nitrogens is 2. The van der Waals surface area contributed by atoms with Gasteiger partial charge in [0.1, 0.15) is 0 Å². The van der Waals surface area contributed by atoms with Gasteiger partial charge in [0.05, 0.1) is 11.1 Å². The Morgan fingerprint density at radius 1 is 1.14 bits per heavy atom. The summed E-state index contributed by atoms with van der Waals surface area (Å²) in [7, 11) is 1.89. The van der Waals surface area contributed by atoms with Gasteiger partial charge in [0.15, 0.2) is 5.78 Å². The Balaban J connectivity index is 2.27. The second-order valence-electron chi connectivity index (χ2n) is 5.09. The van der Waals surface area contributed by atoms with Crippen molar-refractivity contribution in [3.63, 3.8) is 0 Å². The van der Waals surface area contributed by atoms with Crippen LogP contribution in [0.3, 0.4) is 0 Å². The Bertz CT molecular complexity index is 909. The molecule has 3 aromatic rings. The summed E-state index contributed by atoms with van der Waals surface area (Å²) in [6.45, 7) is 1.86. The lowest BCUT2D eigenvalue weighted by atomic mass is 9.98. The zero-order chi connectivity index (χ0) is 15.9. The number of fused-ring (bicyclic) bond motifs is 1. The summed E-state index contributed by atoms with van der Waals surface area (Å²) in [4.78, 5) is 28.0. The zero-order valence-corrected chi connectivity index (χ0v) is 12.2. The maximum atomic E-state index is 12.9. The lowest BCUT2D eigenvalue weighted by Gasteiger charge is -2.05. The second-order valence-corrected chi connectivity index (χ2v) is 5.09. The van der Waals surface area contributed by atoms with E-state index < -0.39 is 5.97 Å². The topological polar surface area (TPSA) is 72.2 Å². The molecule has 1 aromatic carbocycles. The molecule has 1 N–H and O–H groups in total. The van der Waals surface area contributed by atoms with Crippen LogP contribution in [0.2, 0.25) is 0 Å². The van der Waals surface area contributed by atoms with Crippen LogP contribution >= 0.6 is 0 Å². The first kappa shape index (κ1) is 14.0. The highest BCUT2D eigenvalue weighted by molar-refractivity contribution is 6.20. The Morgan fingerprint density at radius 3 is 2.59 bits per heavy atom. The number of hydrogen-bond donors (Lipinski definition) is 1. The summed E-state index contributed by atoms with van der Waals surface area (Å²) in [5.41, 5.74) is 2.35. The number of carbonyl (C=O) groups is 2. The van der Waals surface area contributed by atoms with Gasteiger partial charge in [-0.15, -0.1) is 0 Å². The molecule has 0 aliphatic carbocycles. The van der Waals surface area contributed by atoms with Crippen molar-refractivity contribution in [2.24, 2.45) is 7.05 Å². The van der Waals surface area contributed by atoms with E-state index in [1.807, 2.05) is 42.8 Å². The van der Waals surface area contributed by atoms with E-state index in [4.69, 9.17) is 0 Å². The van der Waals surface area contributed by atoms with Crippen molar-refractivity contribution in [2.45, 2.75) is 6.92 Å². The second kappa shape index (κ2) is 5.11. The Labute approximate surface area is 126 Å². The van der Waals surface area contributed by atoms with E-state index in [2.05, 4.69) is 4.98 Å². The molecule has 0 saturated heterocycles. The minimum Gasteiger partial charge on any atom is -0.478 e. The third-order valence-corrected chi connectivity index (χ3v) is 3.92. The molecule has 0 bridgehead atoms. The van der Waals surface area contributed by atoms with Crippen LogP contribution in [0.5, 0.6) is 0 Å². The predicted octanol–water partition coefficient (Wildman–Crippen LogP) is 2.81. The van der Waals surface area contributed by atoms with Crippen LogP contribution in [0.4, 0.5) is 0 Å². The minimum atomic E-state index is -1.16. The molecule has 5 heteroatoms. The Morgan fingerprint density at radius 2 is 1.86 bits per heavy atom. The zero-order valence-electron chi connectivity index (χ0n) is 12.2. The van der Waals surface area contributed by atoms with E-state index >= 15 is 0 Å².